The number of benzene rings is 1. The smallest absolute Gasteiger partial charge is 0.261 e. The number of para-hydroxylation sites is 1. The van der Waals surface area contributed by atoms with E-state index in [1.54, 1.807) is 12.1 Å². The third-order valence-electron chi connectivity index (χ3n) is 5.33. The molecule has 2 bridgehead atoms. The highest BCUT2D eigenvalue weighted by molar-refractivity contribution is 7.92. The van der Waals surface area contributed by atoms with Crippen molar-refractivity contribution in [3.8, 4) is 11.1 Å². The topological polar surface area (TPSA) is 78.5 Å². The van der Waals surface area contributed by atoms with Crippen LogP contribution in [-0.4, -0.2) is 51.2 Å². The van der Waals surface area contributed by atoms with E-state index in [0.29, 0.717) is 16.5 Å². The summed E-state index contributed by atoms with van der Waals surface area (Å²) in [6.45, 7) is 3.23. The summed E-state index contributed by atoms with van der Waals surface area (Å²) in [6.07, 6.45) is 3.44. The Labute approximate surface area is 163 Å². The third-order valence-corrected chi connectivity index (χ3v) is 6.85. The van der Waals surface area contributed by atoms with Gasteiger partial charge in [0.2, 0.25) is 10.0 Å². The zero-order valence-electron chi connectivity index (χ0n) is 15.1. The van der Waals surface area contributed by atoms with Crippen molar-refractivity contribution in [1.82, 2.24) is 10.2 Å². The highest BCUT2D eigenvalue weighted by atomic mass is 32.2. The lowest BCUT2D eigenvalue weighted by Gasteiger charge is -2.44. The largest absolute Gasteiger partial charge is 0.347 e. The molecule has 0 spiro atoms. The monoisotopic (exact) mass is 405 g/mol. The molecule has 1 atom stereocenters. The van der Waals surface area contributed by atoms with Crippen LogP contribution in [0.25, 0.3) is 11.1 Å². The maximum Gasteiger partial charge on any atom is 0.261 e. The van der Waals surface area contributed by atoms with Gasteiger partial charge in [-0.15, -0.1) is 11.3 Å². The molecule has 0 aliphatic carbocycles. The molecule has 3 aliphatic heterocycles. The van der Waals surface area contributed by atoms with Crippen molar-refractivity contribution in [3.63, 3.8) is 0 Å². The van der Waals surface area contributed by atoms with Crippen LogP contribution < -0.4 is 10.0 Å². The summed E-state index contributed by atoms with van der Waals surface area (Å²) in [4.78, 5) is 15.8. The van der Waals surface area contributed by atoms with Gasteiger partial charge in [-0.1, -0.05) is 18.2 Å². The summed E-state index contributed by atoms with van der Waals surface area (Å²) >= 11 is 1.38. The number of amides is 1. The minimum absolute atomic E-state index is 0.0430. The Bertz CT molecular complexity index is 947. The standard InChI is InChI=1S/C19H23N3O3S2/c1-27(24,25)21-16-5-3-2-4-15(16)14-10-18(26-12-14)19(23)20-17-11-22-8-6-13(17)7-9-22/h2-5,10,12-13,17,21H,6-9,11H2,1H3,(H,20,23). The van der Waals surface area contributed by atoms with Crippen molar-refractivity contribution >= 4 is 33.0 Å². The molecule has 2 N–H and O–H groups in total. The van der Waals surface area contributed by atoms with Gasteiger partial charge in [-0.25, -0.2) is 8.42 Å². The molecule has 3 fully saturated rings. The third kappa shape index (κ3) is 4.17. The number of hydrogen-bond donors (Lipinski definition) is 2. The minimum atomic E-state index is -3.37. The Morgan fingerprint density at radius 3 is 2.63 bits per heavy atom. The van der Waals surface area contributed by atoms with E-state index in [-0.39, 0.29) is 11.9 Å². The molecule has 27 heavy (non-hydrogen) atoms. The number of carbonyl (C=O) groups is 1. The molecular formula is C19H23N3O3S2. The van der Waals surface area contributed by atoms with E-state index >= 15 is 0 Å². The number of sulfonamides is 1. The Hall–Kier alpha value is -1.90. The molecule has 8 heteroatoms. The van der Waals surface area contributed by atoms with E-state index in [2.05, 4.69) is 14.9 Å². The second kappa shape index (κ2) is 7.26. The summed E-state index contributed by atoms with van der Waals surface area (Å²) in [5.41, 5.74) is 2.12. The molecule has 3 saturated heterocycles. The summed E-state index contributed by atoms with van der Waals surface area (Å²) in [5, 5.41) is 5.10. The predicted molar refractivity (Wildman–Crippen MR) is 109 cm³/mol. The van der Waals surface area contributed by atoms with Crippen LogP contribution in [0.15, 0.2) is 35.7 Å². The molecule has 4 heterocycles. The summed E-state index contributed by atoms with van der Waals surface area (Å²) < 4.78 is 25.8. The Kier molecular flexibility index (Phi) is 4.96. The van der Waals surface area contributed by atoms with Crippen molar-refractivity contribution in [2.45, 2.75) is 18.9 Å². The fourth-order valence-corrected chi connectivity index (χ4v) is 5.38. The van der Waals surface area contributed by atoms with Gasteiger partial charge in [0.25, 0.3) is 5.91 Å². The number of fused-ring (bicyclic) bond motifs is 3. The molecule has 0 radical (unpaired) electrons. The van der Waals surface area contributed by atoms with E-state index in [4.69, 9.17) is 0 Å². The van der Waals surface area contributed by atoms with Gasteiger partial charge in [-0.2, -0.15) is 0 Å². The van der Waals surface area contributed by atoms with Gasteiger partial charge in [-0.05, 0) is 54.9 Å². The number of nitrogens with zero attached hydrogens (tertiary/aromatic N) is 1. The average molecular weight is 406 g/mol. The maximum absolute atomic E-state index is 12.7. The van der Waals surface area contributed by atoms with Gasteiger partial charge in [0, 0.05) is 18.2 Å². The highest BCUT2D eigenvalue weighted by Gasteiger charge is 2.35. The number of rotatable bonds is 5. The number of anilines is 1. The average Bonchev–Trinajstić information content (AvgIpc) is 3.12. The fraction of sp³-hybridized carbons (Fsp3) is 0.421. The van der Waals surface area contributed by atoms with Crippen LogP contribution in [0, 0.1) is 5.92 Å². The van der Waals surface area contributed by atoms with Gasteiger partial charge in [0.1, 0.15) is 0 Å². The van der Waals surface area contributed by atoms with Gasteiger partial charge in [0.05, 0.1) is 16.8 Å². The first-order valence-electron chi connectivity index (χ1n) is 9.08. The SMILES string of the molecule is CS(=O)(=O)Nc1ccccc1-c1csc(C(=O)NC2CN3CCC2CC3)c1. The van der Waals surface area contributed by atoms with Crippen LogP contribution in [-0.2, 0) is 10.0 Å². The molecule has 2 aromatic rings. The van der Waals surface area contributed by atoms with Crippen LogP contribution >= 0.6 is 11.3 Å². The van der Waals surface area contributed by atoms with Gasteiger partial charge in [-0.3, -0.25) is 9.52 Å². The van der Waals surface area contributed by atoms with E-state index in [1.165, 1.54) is 11.3 Å². The van der Waals surface area contributed by atoms with Crippen LogP contribution in [0.5, 0.6) is 0 Å². The van der Waals surface area contributed by atoms with Crippen molar-refractivity contribution in [2.24, 2.45) is 5.92 Å². The first-order valence-corrected chi connectivity index (χ1v) is 11.8. The minimum Gasteiger partial charge on any atom is -0.347 e. The molecule has 0 saturated carbocycles. The fourth-order valence-electron chi connectivity index (χ4n) is 3.99. The van der Waals surface area contributed by atoms with Crippen LogP contribution in [0.4, 0.5) is 5.69 Å². The predicted octanol–water partition coefficient (Wildman–Crippen LogP) is 2.61. The number of carbonyl (C=O) groups excluding carboxylic acids is 1. The summed E-state index contributed by atoms with van der Waals surface area (Å²) in [5.74, 6) is 0.539. The van der Waals surface area contributed by atoms with E-state index in [1.807, 2.05) is 23.6 Å². The van der Waals surface area contributed by atoms with Crippen LogP contribution in [0.3, 0.4) is 0 Å². The Balaban J connectivity index is 1.51. The Morgan fingerprint density at radius 1 is 1.22 bits per heavy atom. The Morgan fingerprint density at radius 2 is 1.96 bits per heavy atom. The molecule has 1 unspecified atom stereocenters. The molecular weight excluding hydrogens is 382 g/mol. The van der Waals surface area contributed by atoms with Crippen LogP contribution in [0.1, 0.15) is 22.5 Å². The molecule has 5 rings (SSSR count). The van der Waals surface area contributed by atoms with Gasteiger partial charge >= 0.3 is 0 Å². The number of piperidine rings is 3. The summed E-state index contributed by atoms with van der Waals surface area (Å²) in [6, 6.07) is 9.28. The number of thiophene rings is 1. The lowest BCUT2D eigenvalue weighted by Crippen LogP contribution is -2.57. The normalized spacial score (nSPS) is 24.6. The second-order valence-electron chi connectivity index (χ2n) is 7.34. The zero-order valence-corrected chi connectivity index (χ0v) is 16.8. The molecule has 1 aromatic heterocycles. The zero-order chi connectivity index (χ0) is 19.0. The first-order chi connectivity index (χ1) is 12.9. The lowest BCUT2D eigenvalue weighted by molar-refractivity contribution is 0.0622. The van der Waals surface area contributed by atoms with Gasteiger partial charge in [0.15, 0.2) is 0 Å². The maximum atomic E-state index is 12.7. The number of nitrogens with one attached hydrogen (secondary N) is 2. The van der Waals surface area contributed by atoms with E-state index < -0.39 is 10.0 Å². The van der Waals surface area contributed by atoms with Crippen molar-refractivity contribution in [2.75, 3.05) is 30.6 Å². The molecule has 1 aromatic carbocycles. The van der Waals surface area contributed by atoms with Crippen molar-refractivity contribution in [3.05, 3.63) is 40.6 Å². The molecule has 1 amide bonds. The molecule has 6 nitrogen and oxygen atoms in total. The van der Waals surface area contributed by atoms with Crippen molar-refractivity contribution in [1.29, 1.82) is 0 Å². The van der Waals surface area contributed by atoms with Crippen molar-refractivity contribution < 1.29 is 13.2 Å². The first kappa shape index (κ1) is 18.5. The molecule has 3 aliphatic rings. The lowest BCUT2D eigenvalue weighted by atomic mass is 9.84. The molecule has 144 valence electrons. The van der Waals surface area contributed by atoms with E-state index in [9.17, 15) is 13.2 Å². The highest BCUT2D eigenvalue weighted by Crippen LogP contribution is 2.33. The van der Waals surface area contributed by atoms with E-state index in [0.717, 1.165) is 49.9 Å². The van der Waals surface area contributed by atoms with Crippen LogP contribution in [0.2, 0.25) is 0 Å². The summed E-state index contributed by atoms with van der Waals surface area (Å²) in [7, 11) is -3.37. The quantitative estimate of drug-likeness (QED) is 0.802. The number of hydrogen-bond acceptors (Lipinski definition) is 5. The second-order valence-corrected chi connectivity index (χ2v) is 10.00. The van der Waals surface area contributed by atoms with Gasteiger partial charge < -0.3 is 10.2 Å².